The third-order valence-corrected chi connectivity index (χ3v) is 10.5. The van der Waals surface area contributed by atoms with Crippen molar-refractivity contribution >= 4 is 79.9 Å². The quantitative estimate of drug-likeness (QED) is 0.173. The van der Waals surface area contributed by atoms with Crippen molar-refractivity contribution in [1.82, 2.24) is 14.6 Å². The molecule has 0 aliphatic carbocycles. The zero-order chi connectivity index (χ0) is 33.9. The van der Waals surface area contributed by atoms with Crippen molar-refractivity contribution < 1.29 is 27.9 Å². The lowest BCUT2D eigenvalue weighted by Gasteiger charge is -2.28. The Labute approximate surface area is 290 Å². The molecule has 5 rings (SSSR count). The van der Waals surface area contributed by atoms with E-state index in [1.807, 2.05) is 0 Å². The summed E-state index contributed by atoms with van der Waals surface area (Å²) < 4.78 is 28.8. The van der Waals surface area contributed by atoms with E-state index in [1.54, 1.807) is 54.6 Å². The lowest BCUT2D eigenvalue weighted by Crippen LogP contribution is -2.52. The second-order valence-corrected chi connectivity index (χ2v) is 14.3. The number of carbonyl (C=O) groups is 3. The summed E-state index contributed by atoms with van der Waals surface area (Å²) in [4.78, 5) is 42.6. The van der Waals surface area contributed by atoms with Crippen molar-refractivity contribution in [3.05, 3.63) is 122 Å². The first-order chi connectivity index (χ1) is 22.3. The number of carboxylic acid groups (broad SMARTS) is 1. The Balaban J connectivity index is 1.36. The van der Waals surface area contributed by atoms with Gasteiger partial charge in [-0.05, 0) is 47.9 Å². The van der Waals surface area contributed by atoms with Crippen molar-refractivity contribution in [2.24, 2.45) is 0 Å². The van der Waals surface area contributed by atoms with Crippen molar-refractivity contribution in [3.8, 4) is 0 Å². The summed E-state index contributed by atoms with van der Waals surface area (Å²) in [6.07, 6.45) is 2.77. The Morgan fingerprint density at radius 3 is 2.13 bits per heavy atom. The second-order valence-electron chi connectivity index (χ2n) is 10.7. The molecule has 244 valence electrons. The molecule has 1 aliphatic rings. The van der Waals surface area contributed by atoms with E-state index >= 15 is 0 Å². The minimum atomic E-state index is -4.27. The van der Waals surface area contributed by atoms with Gasteiger partial charge in [0.2, 0.25) is 15.9 Å². The fourth-order valence-electron chi connectivity index (χ4n) is 5.45. The monoisotopic (exact) mass is 734 g/mol. The number of benzene rings is 3. The van der Waals surface area contributed by atoms with Crippen LogP contribution >= 0.6 is 46.4 Å². The molecule has 1 fully saturated rings. The first-order valence-corrected chi connectivity index (χ1v) is 17.1. The van der Waals surface area contributed by atoms with E-state index in [9.17, 15) is 27.9 Å². The van der Waals surface area contributed by atoms with Crippen LogP contribution in [-0.4, -0.2) is 59.2 Å². The molecule has 0 saturated carbocycles. The molecule has 3 aromatic carbocycles. The van der Waals surface area contributed by atoms with E-state index in [-0.39, 0.29) is 43.5 Å². The lowest BCUT2D eigenvalue weighted by atomic mass is 9.91. The van der Waals surface area contributed by atoms with E-state index in [4.69, 9.17) is 46.4 Å². The number of hydrogen-bond donors (Lipinski definition) is 3. The zero-order valence-corrected chi connectivity index (χ0v) is 28.1. The van der Waals surface area contributed by atoms with Crippen LogP contribution < -0.4 is 10.6 Å². The van der Waals surface area contributed by atoms with Gasteiger partial charge in [-0.1, -0.05) is 88.9 Å². The molecule has 1 aliphatic heterocycles. The van der Waals surface area contributed by atoms with Crippen molar-refractivity contribution in [1.29, 1.82) is 0 Å². The van der Waals surface area contributed by atoms with Crippen LogP contribution in [0, 0.1) is 0 Å². The first kappa shape index (κ1) is 34.6. The van der Waals surface area contributed by atoms with E-state index in [0.29, 0.717) is 17.7 Å². The Morgan fingerprint density at radius 1 is 0.915 bits per heavy atom. The molecule has 10 nitrogen and oxygen atoms in total. The number of aromatic nitrogens is 1. The molecule has 47 heavy (non-hydrogen) atoms. The largest absolute Gasteiger partial charge is 0.480 e. The zero-order valence-electron chi connectivity index (χ0n) is 24.2. The maximum absolute atomic E-state index is 13.9. The highest BCUT2D eigenvalue weighted by molar-refractivity contribution is 7.89. The lowest BCUT2D eigenvalue weighted by molar-refractivity contribution is -0.142. The van der Waals surface area contributed by atoms with E-state index in [2.05, 4.69) is 15.6 Å². The van der Waals surface area contributed by atoms with Crippen LogP contribution in [0.15, 0.2) is 90.1 Å². The predicted octanol–water partition coefficient (Wildman–Crippen LogP) is 6.31. The number of sulfonamides is 1. The molecule has 2 heterocycles. The molecule has 2 amide bonds. The number of hydrogen-bond acceptors (Lipinski definition) is 6. The molecule has 1 aromatic heterocycles. The normalized spacial score (nSPS) is 17.2. The number of rotatable bonds is 10. The molecule has 2 unspecified atom stereocenters. The van der Waals surface area contributed by atoms with Crippen LogP contribution in [0.25, 0.3) is 0 Å². The molecule has 0 bridgehead atoms. The summed E-state index contributed by atoms with van der Waals surface area (Å²) in [5.74, 6) is -3.20. The van der Waals surface area contributed by atoms with Gasteiger partial charge in [-0.15, -0.1) is 0 Å². The number of nitrogens with zero attached hydrogens (tertiary/aromatic N) is 2. The maximum Gasteiger partial charge on any atom is 0.326 e. The number of anilines is 1. The molecule has 0 radical (unpaired) electrons. The molecule has 1 saturated heterocycles. The minimum Gasteiger partial charge on any atom is -0.480 e. The van der Waals surface area contributed by atoms with Gasteiger partial charge in [-0.3, -0.25) is 14.6 Å². The molecule has 3 atom stereocenters. The smallest absolute Gasteiger partial charge is 0.326 e. The number of pyridine rings is 1. The van der Waals surface area contributed by atoms with E-state index in [0.717, 1.165) is 9.87 Å². The third kappa shape index (κ3) is 7.89. The summed E-state index contributed by atoms with van der Waals surface area (Å²) in [7, 11) is -4.27. The summed E-state index contributed by atoms with van der Waals surface area (Å²) in [6, 6.07) is 16.5. The van der Waals surface area contributed by atoms with Gasteiger partial charge in [-0.25, -0.2) is 13.2 Å². The van der Waals surface area contributed by atoms with Gasteiger partial charge in [0, 0.05) is 47.0 Å². The van der Waals surface area contributed by atoms with Gasteiger partial charge >= 0.3 is 5.97 Å². The Morgan fingerprint density at radius 2 is 1.53 bits per heavy atom. The highest BCUT2D eigenvalue weighted by atomic mass is 35.5. The number of carbonyl (C=O) groups excluding carboxylic acids is 2. The van der Waals surface area contributed by atoms with E-state index < -0.39 is 45.8 Å². The fraction of sp³-hybridized carbons (Fsp3) is 0.188. The first-order valence-electron chi connectivity index (χ1n) is 14.1. The van der Waals surface area contributed by atoms with E-state index in [1.165, 1.54) is 30.6 Å². The van der Waals surface area contributed by atoms with Crippen molar-refractivity contribution in [3.63, 3.8) is 0 Å². The summed E-state index contributed by atoms with van der Waals surface area (Å²) in [6.45, 7) is 0.00491. The Bertz CT molecular complexity index is 1890. The number of carboxylic acids is 1. The average Bonchev–Trinajstić information content (AvgIpc) is 3.48. The van der Waals surface area contributed by atoms with Gasteiger partial charge in [0.05, 0.1) is 20.5 Å². The fourth-order valence-corrected chi connectivity index (χ4v) is 8.35. The number of amides is 2. The molecular formula is C32H26Cl4N4O6S. The predicted molar refractivity (Wildman–Crippen MR) is 180 cm³/mol. The SMILES string of the molecule is O=C(Nc1ccc(CC(NC(=O)[C@H]2C(c3ccccc3)CCN2S(=O)(=O)c2cc(Cl)cc(Cl)c2)C(=O)O)cc1)c1c(Cl)cncc1Cl. The topological polar surface area (TPSA) is 146 Å². The summed E-state index contributed by atoms with van der Waals surface area (Å²) in [5, 5.41) is 15.7. The molecule has 15 heteroatoms. The van der Waals surface area contributed by atoms with Crippen LogP contribution in [0.2, 0.25) is 20.1 Å². The molecule has 0 spiro atoms. The van der Waals surface area contributed by atoms with Crippen LogP contribution in [0.1, 0.15) is 33.8 Å². The van der Waals surface area contributed by atoms with Gasteiger partial charge < -0.3 is 15.7 Å². The maximum atomic E-state index is 13.9. The Kier molecular flexibility index (Phi) is 10.7. The molecule has 3 N–H and O–H groups in total. The van der Waals surface area contributed by atoms with Crippen LogP contribution in [-0.2, 0) is 26.0 Å². The van der Waals surface area contributed by atoms with Gasteiger partial charge in [0.15, 0.2) is 0 Å². The molecular weight excluding hydrogens is 710 g/mol. The number of halogens is 4. The third-order valence-electron chi connectivity index (χ3n) is 7.64. The second kappa shape index (κ2) is 14.6. The minimum absolute atomic E-state index is 0.00491. The van der Waals surface area contributed by atoms with Crippen LogP contribution in [0.5, 0.6) is 0 Å². The highest BCUT2D eigenvalue weighted by Gasteiger charge is 2.47. The van der Waals surface area contributed by atoms with Crippen LogP contribution in [0.4, 0.5) is 5.69 Å². The van der Waals surface area contributed by atoms with Crippen molar-refractivity contribution in [2.75, 3.05) is 11.9 Å². The Hall–Kier alpha value is -3.71. The van der Waals surface area contributed by atoms with Crippen LogP contribution in [0.3, 0.4) is 0 Å². The summed E-state index contributed by atoms with van der Waals surface area (Å²) >= 11 is 24.3. The molecule has 4 aromatic rings. The van der Waals surface area contributed by atoms with Gasteiger partial charge in [0.1, 0.15) is 12.1 Å². The number of nitrogens with one attached hydrogen (secondary N) is 2. The van der Waals surface area contributed by atoms with Crippen molar-refractivity contribution in [2.45, 2.75) is 35.7 Å². The van der Waals surface area contributed by atoms with Gasteiger partial charge in [0.25, 0.3) is 5.91 Å². The average molecular weight is 736 g/mol. The summed E-state index contributed by atoms with van der Waals surface area (Å²) in [5.41, 5.74) is 1.70. The highest BCUT2D eigenvalue weighted by Crippen LogP contribution is 2.38. The van der Waals surface area contributed by atoms with Gasteiger partial charge in [-0.2, -0.15) is 4.31 Å². The number of aliphatic carboxylic acids is 1. The standard InChI is InChI=1S/C32H26Cl4N4O6S/c33-20-13-21(34)15-23(14-20)47(45,46)40-11-10-24(19-4-2-1-3-5-19)29(40)31(42)39-27(32(43)44)12-18-6-8-22(9-7-18)38-30(41)28-25(35)16-37-17-26(28)36/h1-9,13-17,24,27,29H,10-12H2,(H,38,41)(H,39,42)(H,43,44)/t24?,27?,29-/m1/s1.